The fourth-order valence-corrected chi connectivity index (χ4v) is 1.55. The van der Waals surface area contributed by atoms with E-state index in [2.05, 4.69) is 39.6 Å². The first-order valence-electron chi connectivity index (χ1n) is 6.06. The molecule has 3 heteroatoms. The summed E-state index contributed by atoms with van der Waals surface area (Å²) >= 11 is 0. The molecule has 0 fully saturated rings. The van der Waals surface area contributed by atoms with E-state index in [9.17, 15) is 4.79 Å². The molecule has 0 aliphatic rings. The van der Waals surface area contributed by atoms with Crippen LogP contribution in [0.5, 0.6) is 0 Å². The van der Waals surface area contributed by atoms with Crippen LogP contribution in [0.15, 0.2) is 12.7 Å². The van der Waals surface area contributed by atoms with Gasteiger partial charge in [0.1, 0.15) is 0 Å². The first-order chi connectivity index (χ1) is 7.47. The van der Waals surface area contributed by atoms with E-state index in [1.54, 1.807) is 6.08 Å². The van der Waals surface area contributed by atoms with Crippen molar-refractivity contribution in [2.45, 2.75) is 27.7 Å². The predicted molar refractivity (Wildman–Crippen MR) is 69.3 cm³/mol. The molecule has 0 bridgehead atoms. The second-order valence-electron chi connectivity index (χ2n) is 5.01. The van der Waals surface area contributed by atoms with Crippen molar-refractivity contribution in [2.75, 3.05) is 26.2 Å². The number of nitrogens with zero attached hydrogens (tertiary/aromatic N) is 1. The standard InChI is InChI=1S/C13H26N2O/c1-6-7-14-8-13(16)15(9-11(2)3)10-12(4)5/h6,11-12,14H,1,7-10H2,2-5H3. The molecule has 0 atom stereocenters. The number of carbonyl (C=O) groups is 1. The molecule has 1 amide bonds. The summed E-state index contributed by atoms with van der Waals surface area (Å²) in [6.45, 7) is 14.9. The lowest BCUT2D eigenvalue weighted by Crippen LogP contribution is -2.42. The van der Waals surface area contributed by atoms with Crippen molar-refractivity contribution in [3.63, 3.8) is 0 Å². The van der Waals surface area contributed by atoms with Gasteiger partial charge in [-0.15, -0.1) is 6.58 Å². The normalized spacial score (nSPS) is 10.9. The first-order valence-corrected chi connectivity index (χ1v) is 6.06. The largest absolute Gasteiger partial charge is 0.341 e. The number of carbonyl (C=O) groups excluding carboxylic acids is 1. The molecule has 0 heterocycles. The zero-order chi connectivity index (χ0) is 12.6. The molecule has 0 aromatic carbocycles. The maximum absolute atomic E-state index is 11.9. The van der Waals surface area contributed by atoms with Gasteiger partial charge >= 0.3 is 0 Å². The molecular weight excluding hydrogens is 200 g/mol. The Kier molecular flexibility index (Phi) is 7.90. The van der Waals surface area contributed by atoms with E-state index >= 15 is 0 Å². The molecule has 0 unspecified atom stereocenters. The van der Waals surface area contributed by atoms with Crippen LogP contribution >= 0.6 is 0 Å². The van der Waals surface area contributed by atoms with E-state index in [1.807, 2.05) is 4.90 Å². The van der Waals surface area contributed by atoms with E-state index in [0.717, 1.165) is 13.1 Å². The molecule has 0 saturated heterocycles. The summed E-state index contributed by atoms with van der Waals surface area (Å²) in [6.07, 6.45) is 1.77. The smallest absolute Gasteiger partial charge is 0.236 e. The van der Waals surface area contributed by atoms with E-state index < -0.39 is 0 Å². The number of rotatable bonds is 8. The summed E-state index contributed by atoms with van der Waals surface area (Å²) in [6, 6.07) is 0. The highest BCUT2D eigenvalue weighted by Gasteiger charge is 2.15. The molecule has 3 nitrogen and oxygen atoms in total. The minimum atomic E-state index is 0.184. The maximum Gasteiger partial charge on any atom is 0.236 e. The zero-order valence-electron chi connectivity index (χ0n) is 11.1. The van der Waals surface area contributed by atoms with E-state index in [-0.39, 0.29) is 5.91 Å². The fraction of sp³-hybridized carbons (Fsp3) is 0.769. The lowest BCUT2D eigenvalue weighted by Gasteiger charge is -2.26. The molecule has 0 aromatic heterocycles. The van der Waals surface area contributed by atoms with Crippen LogP contribution in [0.25, 0.3) is 0 Å². The highest BCUT2D eigenvalue weighted by Crippen LogP contribution is 2.03. The van der Waals surface area contributed by atoms with Gasteiger partial charge in [-0.1, -0.05) is 33.8 Å². The van der Waals surface area contributed by atoms with Crippen LogP contribution in [0, 0.1) is 11.8 Å². The van der Waals surface area contributed by atoms with Crippen LogP contribution in [0.4, 0.5) is 0 Å². The monoisotopic (exact) mass is 226 g/mol. The van der Waals surface area contributed by atoms with Crippen molar-refractivity contribution in [2.24, 2.45) is 11.8 Å². The molecule has 0 spiro atoms. The highest BCUT2D eigenvalue weighted by atomic mass is 16.2. The Morgan fingerprint density at radius 2 is 1.75 bits per heavy atom. The quantitative estimate of drug-likeness (QED) is 0.506. The highest BCUT2D eigenvalue weighted by molar-refractivity contribution is 5.78. The van der Waals surface area contributed by atoms with Crippen molar-refractivity contribution >= 4 is 5.91 Å². The topological polar surface area (TPSA) is 32.3 Å². The summed E-state index contributed by atoms with van der Waals surface area (Å²) in [5, 5.41) is 3.05. The fourth-order valence-electron chi connectivity index (χ4n) is 1.55. The zero-order valence-corrected chi connectivity index (χ0v) is 11.1. The Morgan fingerprint density at radius 1 is 1.25 bits per heavy atom. The molecule has 0 rings (SSSR count). The summed E-state index contributed by atoms with van der Waals surface area (Å²) in [5.74, 6) is 1.22. The van der Waals surface area contributed by atoms with Gasteiger partial charge in [0, 0.05) is 19.6 Å². The van der Waals surface area contributed by atoms with Gasteiger partial charge in [-0.05, 0) is 11.8 Å². The molecule has 0 radical (unpaired) electrons. The second kappa shape index (κ2) is 8.34. The Hall–Kier alpha value is -0.830. The number of nitrogens with one attached hydrogen (secondary N) is 1. The van der Waals surface area contributed by atoms with E-state index in [0.29, 0.717) is 24.9 Å². The lowest BCUT2D eigenvalue weighted by atomic mass is 10.1. The minimum Gasteiger partial charge on any atom is -0.341 e. The third-order valence-electron chi connectivity index (χ3n) is 2.09. The summed E-state index contributed by atoms with van der Waals surface area (Å²) in [5.41, 5.74) is 0. The van der Waals surface area contributed by atoms with Crippen molar-refractivity contribution in [1.29, 1.82) is 0 Å². The van der Waals surface area contributed by atoms with E-state index in [1.165, 1.54) is 0 Å². The van der Waals surface area contributed by atoms with Crippen LogP contribution in [0.2, 0.25) is 0 Å². The van der Waals surface area contributed by atoms with Crippen molar-refractivity contribution in [1.82, 2.24) is 10.2 Å². The molecule has 0 saturated carbocycles. The van der Waals surface area contributed by atoms with Crippen LogP contribution in [0.1, 0.15) is 27.7 Å². The molecule has 0 aromatic rings. The van der Waals surface area contributed by atoms with Crippen LogP contribution in [-0.2, 0) is 4.79 Å². The summed E-state index contributed by atoms with van der Waals surface area (Å²) in [7, 11) is 0. The molecular formula is C13H26N2O. The van der Waals surface area contributed by atoms with Gasteiger partial charge in [0.05, 0.1) is 6.54 Å². The Morgan fingerprint density at radius 3 is 2.12 bits per heavy atom. The first kappa shape index (κ1) is 15.2. The minimum absolute atomic E-state index is 0.184. The summed E-state index contributed by atoms with van der Waals surface area (Å²) < 4.78 is 0. The Labute approximate surface area is 99.9 Å². The Balaban J connectivity index is 4.14. The third kappa shape index (κ3) is 7.46. The van der Waals surface area contributed by atoms with Crippen molar-refractivity contribution in [3.05, 3.63) is 12.7 Å². The maximum atomic E-state index is 11.9. The van der Waals surface area contributed by atoms with Gasteiger partial charge in [-0.3, -0.25) is 4.79 Å². The van der Waals surface area contributed by atoms with Gasteiger partial charge in [0.25, 0.3) is 0 Å². The molecule has 1 N–H and O–H groups in total. The van der Waals surface area contributed by atoms with Gasteiger partial charge in [-0.25, -0.2) is 0 Å². The predicted octanol–water partition coefficient (Wildman–Crippen LogP) is 1.90. The van der Waals surface area contributed by atoms with Gasteiger partial charge < -0.3 is 10.2 Å². The number of hydrogen-bond donors (Lipinski definition) is 1. The third-order valence-corrected chi connectivity index (χ3v) is 2.09. The molecule has 0 aliphatic carbocycles. The molecule has 16 heavy (non-hydrogen) atoms. The number of hydrogen-bond acceptors (Lipinski definition) is 2. The number of amides is 1. The molecule has 0 aliphatic heterocycles. The average Bonchev–Trinajstić information content (AvgIpc) is 2.15. The van der Waals surface area contributed by atoms with E-state index in [4.69, 9.17) is 0 Å². The van der Waals surface area contributed by atoms with Gasteiger partial charge in [-0.2, -0.15) is 0 Å². The summed E-state index contributed by atoms with van der Waals surface area (Å²) in [4.78, 5) is 13.9. The SMILES string of the molecule is C=CCNCC(=O)N(CC(C)C)CC(C)C. The lowest BCUT2D eigenvalue weighted by molar-refractivity contribution is -0.131. The van der Waals surface area contributed by atoms with Gasteiger partial charge in [0.2, 0.25) is 5.91 Å². The van der Waals surface area contributed by atoms with Crippen LogP contribution in [0.3, 0.4) is 0 Å². The van der Waals surface area contributed by atoms with Crippen molar-refractivity contribution < 1.29 is 4.79 Å². The average molecular weight is 226 g/mol. The molecule has 94 valence electrons. The Bertz CT molecular complexity index is 202. The second-order valence-corrected chi connectivity index (χ2v) is 5.01. The van der Waals surface area contributed by atoms with Crippen LogP contribution in [-0.4, -0.2) is 37.0 Å². The van der Waals surface area contributed by atoms with Gasteiger partial charge in [0.15, 0.2) is 0 Å². The van der Waals surface area contributed by atoms with Crippen molar-refractivity contribution in [3.8, 4) is 0 Å². The van der Waals surface area contributed by atoms with Crippen LogP contribution < -0.4 is 5.32 Å².